The molecular weight excluding hydrogens is 384 g/mol. The van der Waals surface area contributed by atoms with E-state index in [2.05, 4.69) is 15.3 Å². The van der Waals surface area contributed by atoms with Crippen LogP contribution in [0.15, 0.2) is 41.5 Å². The van der Waals surface area contributed by atoms with E-state index in [4.69, 9.17) is 14.2 Å². The number of benzene rings is 2. The summed E-state index contributed by atoms with van der Waals surface area (Å²) < 4.78 is 18.5. The average Bonchev–Trinajstić information content (AvgIpc) is 3.07. The Hall–Kier alpha value is -3.68. The van der Waals surface area contributed by atoms with Crippen LogP contribution in [0, 0.1) is 13.8 Å². The largest absolute Gasteiger partial charge is 0.496 e. The summed E-state index contributed by atoms with van der Waals surface area (Å²) in [6.45, 7) is 5.47. The second-order valence-electron chi connectivity index (χ2n) is 6.63. The van der Waals surface area contributed by atoms with Gasteiger partial charge in [0.2, 0.25) is 0 Å². The summed E-state index contributed by atoms with van der Waals surface area (Å²) in [5, 5.41) is 12.4. The molecule has 0 radical (unpaired) electrons. The smallest absolute Gasteiger partial charge is 0.161 e. The summed E-state index contributed by atoms with van der Waals surface area (Å²) in [4.78, 5) is 11.6. The maximum absolute atomic E-state index is 11.6. The van der Waals surface area contributed by atoms with Gasteiger partial charge >= 0.3 is 0 Å². The van der Waals surface area contributed by atoms with Crippen molar-refractivity contribution in [2.45, 2.75) is 27.4 Å². The molecule has 0 aliphatic carbocycles. The lowest BCUT2D eigenvalue weighted by molar-refractivity contribution is 0.101. The Morgan fingerprint density at radius 2 is 1.70 bits per heavy atom. The minimum absolute atomic E-state index is 0.0171. The van der Waals surface area contributed by atoms with Gasteiger partial charge in [0, 0.05) is 11.1 Å². The van der Waals surface area contributed by atoms with Crippen LogP contribution in [0.5, 0.6) is 17.2 Å². The molecule has 0 unspecified atom stereocenters. The summed E-state index contributed by atoms with van der Waals surface area (Å²) in [6, 6.07) is 10.8. The molecule has 3 aromatic rings. The van der Waals surface area contributed by atoms with Crippen molar-refractivity contribution in [2.75, 3.05) is 14.2 Å². The highest BCUT2D eigenvalue weighted by molar-refractivity contribution is 5.94. The fourth-order valence-electron chi connectivity index (χ4n) is 2.88. The topological polar surface area (TPSA) is 87.8 Å². The summed E-state index contributed by atoms with van der Waals surface area (Å²) in [5.41, 5.74) is 2.26. The van der Waals surface area contributed by atoms with Crippen LogP contribution in [-0.4, -0.2) is 41.1 Å². The number of methoxy groups -OCH3 is 2. The summed E-state index contributed by atoms with van der Waals surface area (Å²) >= 11 is 0. The molecule has 0 N–H and O–H groups in total. The highest BCUT2D eigenvalue weighted by Gasteiger charge is 2.11. The number of aryl methyl sites for hydroxylation is 2. The molecule has 3 rings (SSSR count). The van der Waals surface area contributed by atoms with Gasteiger partial charge in [0.15, 0.2) is 28.9 Å². The van der Waals surface area contributed by atoms with E-state index in [1.165, 1.54) is 6.92 Å². The van der Waals surface area contributed by atoms with Gasteiger partial charge in [0.1, 0.15) is 12.4 Å². The molecule has 0 fully saturated rings. The molecule has 1 heterocycles. The Labute approximate surface area is 175 Å². The third-order valence-corrected chi connectivity index (χ3v) is 4.54. The van der Waals surface area contributed by atoms with Gasteiger partial charge in [-0.1, -0.05) is 12.1 Å². The van der Waals surface area contributed by atoms with Crippen molar-refractivity contribution in [3.63, 3.8) is 0 Å². The van der Waals surface area contributed by atoms with Crippen LogP contribution in [0.2, 0.25) is 0 Å². The Morgan fingerprint density at radius 1 is 1.00 bits per heavy atom. The highest BCUT2D eigenvalue weighted by Crippen LogP contribution is 2.30. The van der Waals surface area contributed by atoms with E-state index < -0.39 is 0 Å². The summed E-state index contributed by atoms with van der Waals surface area (Å²) in [7, 11) is 3.15. The quantitative estimate of drug-likeness (QED) is 0.418. The van der Waals surface area contributed by atoms with E-state index in [-0.39, 0.29) is 12.4 Å². The van der Waals surface area contributed by atoms with Gasteiger partial charge in [-0.2, -0.15) is 5.10 Å². The molecule has 0 aliphatic heterocycles. The number of aromatic nitrogens is 3. The van der Waals surface area contributed by atoms with Gasteiger partial charge in [-0.05, 0) is 50.6 Å². The number of ether oxygens (including phenoxy) is 3. The summed E-state index contributed by atoms with van der Waals surface area (Å²) in [5.74, 6) is 3.17. The van der Waals surface area contributed by atoms with E-state index in [1.54, 1.807) is 37.2 Å². The fraction of sp³-hybridized carbons (Fsp3) is 0.273. The number of carbonyl (C=O) groups excluding carboxylic acids is 1. The predicted octanol–water partition coefficient (Wildman–Crippen LogP) is 3.58. The van der Waals surface area contributed by atoms with Crippen LogP contribution in [0.25, 0.3) is 0 Å². The number of hydrogen-bond donors (Lipinski definition) is 0. The molecule has 8 nitrogen and oxygen atoms in total. The van der Waals surface area contributed by atoms with Gasteiger partial charge in [0.25, 0.3) is 0 Å². The van der Waals surface area contributed by atoms with Gasteiger partial charge in [-0.25, -0.2) is 4.68 Å². The van der Waals surface area contributed by atoms with Crippen LogP contribution in [0.1, 0.15) is 40.1 Å². The van der Waals surface area contributed by atoms with Gasteiger partial charge in [-0.3, -0.25) is 4.79 Å². The Morgan fingerprint density at radius 3 is 2.33 bits per heavy atom. The minimum Gasteiger partial charge on any atom is -0.496 e. The molecule has 0 aliphatic rings. The van der Waals surface area contributed by atoms with E-state index in [0.717, 1.165) is 11.1 Å². The predicted molar refractivity (Wildman–Crippen MR) is 113 cm³/mol. The second-order valence-corrected chi connectivity index (χ2v) is 6.63. The number of nitrogens with zero attached hydrogens (tertiary/aromatic N) is 4. The van der Waals surface area contributed by atoms with Crippen LogP contribution < -0.4 is 14.2 Å². The first-order valence-corrected chi connectivity index (χ1v) is 9.34. The van der Waals surface area contributed by atoms with Gasteiger partial charge < -0.3 is 14.2 Å². The van der Waals surface area contributed by atoms with Crippen molar-refractivity contribution >= 4 is 12.0 Å². The molecule has 0 saturated carbocycles. The van der Waals surface area contributed by atoms with Crippen LogP contribution >= 0.6 is 0 Å². The number of rotatable bonds is 8. The van der Waals surface area contributed by atoms with Crippen molar-refractivity contribution < 1.29 is 19.0 Å². The fourth-order valence-corrected chi connectivity index (χ4v) is 2.88. The van der Waals surface area contributed by atoms with Crippen LogP contribution in [-0.2, 0) is 6.61 Å². The zero-order valence-corrected chi connectivity index (χ0v) is 17.7. The van der Waals surface area contributed by atoms with E-state index >= 15 is 0 Å². The van der Waals surface area contributed by atoms with Crippen molar-refractivity contribution in [2.24, 2.45) is 5.10 Å². The average molecular weight is 408 g/mol. The van der Waals surface area contributed by atoms with Crippen molar-refractivity contribution in [1.82, 2.24) is 14.9 Å². The third kappa shape index (κ3) is 4.65. The first-order valence-electron chi connectivity index (χ1n) is 9.34. The molecule has 1 aromatic heterocycles. The second kappa shape index (κ2) is 9.21. The Balaban J connectivity index is 1.77. The summed E-state index contributed by atoms with van der Waals surface area (Å²) in [6.07, 6.45) is 1.71. The SMILES string of the molecule is COc1cc(C(C)=O)ccc1COc1ccc(C=Nn2c(C)nnc2C)cc1OC. The first kappa shape index (κ1) is 21.0. The maximum atomic E-state index is 11.6. The molecule has 0 bridgehead atoms. The lowest BCUT2D eigenvalue weighted by atomic mass is 10.1. The minimum atomic E-state index is -0.0171. The number of Topliss-reactive ketones (excluding diaryl/α,β-unsaturated/α-hetero) is 1. The molecule has 30 heavy (non-hydrogen) atoms. The van der Waals surface area contributed by atoms with E-state index in [0.29, 0.717) is 34.5 Å². The normalized spacial score (nSPS) is 11.0. The number of ketones is 1. The molecule has 0 atom stereocenters. The van der Waals surface area contributed by atoms with Gasteiger partial charge in [-0.15, -0.1) is 10.2 Å². The molecule has 0 amide bonds. The molecule has 156 valence electrons. The lowest BCUT2D eigenvalue weighted by Gasteiger charge is -2.14. The van der Waals surface area contributed by atoms with Crippen molar-refractivity contribution in [1.29, 1.82) is 0 Å². The standard InChI is InChI=1S/C22H24N4O4/c1-14(27)18-7-8-19(21(11-18)28-4)13-30-20-9-6-17(10-22(20)29-5)12-23-26-15(2)24-25-16(26)3/h6-12H,13H2,1-5H3. The number of hydrogen-bond acceptors (Lipinski definition) is 7. The van der Waals surface area contributed by atoms with E-state index in [9.17, 15) is 4.79 Å². The molecule has 8 heteroatoms. The van der Waals surface area contributed by atoms with Crippen LogP contribution in [0.3, 0.4) is 0 Å². The molecular formula is C22H24N4O4. The zero-order valence-electron chi connectivity index (χ0n) is 17.7. The molecule has 2 aromatic carbocycles. The molecule has 0 saturated heterocycles. The first-order chi connectivity index (χ1) is 14.4. The van der Waals surface area contributed by atoms with Crippen LogP contribution in [0.4, 0.5) is 0 Å². The lowest BCUT2D eigenvalue weighted by Crippen LogP contribution is -2.02. The Bertz CT molecular complexity index is 1070. The monoisotopic (exact) mass is 408 g/mol. The van der Waals surface area contributed by atoms with Crippen molar-refractivity contribution in [3.8, 4) is 17.2 Å². The molecule has 0 spiro atoms. The number of carbonyl (C=O) groups is 1. The van der Waals surface area contributed by atoms with Gasteiger partial charge in [0.05, 0.1) is 20.4 Å². The third-order valence-electron chi connectivity index (χ3n) is 4.54. The zero-order chi connectivity index (χ0) is 21.7. The Kier molecular flexibility index (Phi) is 6.46. The maximum Gasteiger partial charge on any atom is 0.161 e. The van der Waals surface area contributed by atoms with Crippen molar-refractivity contribution in [3.05, 3.63) is 64.7 Å². The highest BCUT2D eigenvalue weighted by atomic mass is 16.5. The van der Waals surface area contributed by atoms with E-state index in [1.807, 2.05) is 38.1 Å².